The second-order valence-electron chi connectivity index (χ2n) is 5.50. The summed E-state index contributed by atoms with van der Waals surface area (Å²) in [5, 5.41) is 18.8. The van der Waals surface area contributed by atoms with Crippen LogP contribution in [0.25, 0.3) is 11.6 Å². The summed E-state index contributed by atoms with van der Waals surface area (Å²) in [7, 11) is 0. The predicted octanol–water partition coefficient (Wildman–Crippen LogP) is 3.85. The lowest BCUT2D eigenvalue weighted by Crippen LogP contribution is -2.27. The molecule has 0 spiro atoms. The summed E-state index contributed by atoms with van der Waals surface area (Å²) in [6.07, 6.45) is -5.98. The molecule has 28 heavy (non-hydrogen) atoms. The van der Waals surface area contributed by atoms with Gasteiger partial charge in [0.1, 0.15) is 10.6 Å². The minimum Gasteiger partial charge on any atom is -0.465 e. The van der Waals surface area contributed by atoms with Crippen LogP contribution >= 0.6 is 15.9 Å². The molecule has 0 aliphatic rings. The summed E-state index contributed by atoms with van der Waals surface area (Å²) in [5.41, 5.74) is 4.65. The van der Waals surface area contributed by atoms with Crippen LogP contribution in [0.1, 0.15) is 23.1 Å². The monoisotopic (exact) mass is 457 g/mol. The molecule has 2 aromatic heterocycles. The van der Waals surface area contributed by atoms with Crippen molar-refractivity contribution in [2.24, 2.45) is 0 Å². The molecule has 1 unspecified atom stereocenters. The molecule has 0 aliphatic carbocycles. The fourth-order valence-corrected chi connectivity index (χ4v) is 2.90. The Bertz CT molecular complexity index is 1010. The number of anilines is 1. The molecular formula is C16H11BrF3N5O3. The molecule has 1 aromatic carbocycles. The normalized spacial score (nSPS) is 12.6. The summed E-state index contributed by atoms with van der Waals surface area (Å²) in [6, 6.07) is 8.12. The van der Waals surface area contributed by atoms with Crippen molar-refractivity contribution in [3.63, 3.8) is 0 Å². The van der Waals surface area contributed by atoms with Gasteiger partial charge in [-0.3, -0.25) is 0 Å². The van der Waals surface area contributed by atoms with Crippen molar-refractivity contribution in [3.05, 3.63) is 58.0 Å². The first-order valence-corrected chi connectivity index (χ1v) is 8.37. The van der Waals surface area contributed by atoms with E-state index in [-0.39, 0.29) is 23.2 Å². The van der Waals surface area contributed by atoms with Crippen molar-refractivity contribution in [1.29, 1.82) is 0 Å². The Morgan fingerprint density at radius 1 is 1.25 bits per heavy atom. The standard InChI is InChI=1S/C16H11BrF3N5O3/c17-12-8(16(18,19)20)6-9(21)11(22-12)14-25-24-13(28-14)10(23-15(26)27)7-4-2-1-3-5-7/h1-6,10,23H,21H2,(H,26,27). The summed E-state index contributed by atoms with van der Waals surface area (Å²) >= 11 is 2.75. The minimum atomic E-state index is -4.65. The quantitative estimate of drug-likeness (QED) is 0.507. The molecule has 12 heteroatoms. The molecule has 0 bridgehead atoms. The number of nitrogens with one attached hydrogen (secondary N) is 1. The minimum absolute atomic E-state index is 0.124. The number of nitrogens with two attached hydrogens (primary N) is 1. The Morgan fingerprint density at radius 2 is 1.93 bits per heavy atom. The van der Waals surface area contributed by atoms with E-state index >= 15 is 0 Å². The molecule has 1 amide bonds. The smallest absolute Gasteiger partial charge is 0.419 e. The molecular weight excluding hydrogens is 447 g/mol. The molecule has 1 atom stereocenters. The summed E-state index contributed by atoms with van der Waals surface area (Å²) in [5.74, 6) is -0.379. The van der Waals surface area contributed by atoms with E-state index in [1.807, 2.05) is 0 Å². The SMILES string of the molecule is Nc1cc(C(F)(F)F)c(Br)nc1-c1nnc(C(NC(=O)O)c2ccccc2)o1. The zero-order valence-corrected chi connectivity index (χ0v) is 15.3. The van der Waals surface area contributed by atoms with Gasteiger partial charge in [-0.25, -0.2) is 9.78 Å². The summed E-state index contributed by atoms with van der Waals surface area (Å²) < 4.78 is 43.8. The lowest BCUT2D eigenvalue weighted by molar-refractivity contribution is -0.138. The van der Waals surface area contributed by atoms with Crippen LogP contribution in [-0.2, 0) is 6.18 Å². The van der Waals surface area contributed by atoms with Crippen LogP contribution in [-0.4, -0.2) is 26.4 Å². The molecule has 0 saturated heterocycles. The summed E-state index contributed by atoms with van der Waals surface area (Å²) in [6.45, 7) is 0. The maximum atomic E-state index is 12.9. The summed E-state index contributed by atoms with van der Waals surface area (Å²) in [4.78, 5) is 14.9. The maximum absolute atomic E-state index is 12.9. The third-order valence-corrected chi connectivity index (χ3v) is 4.21. The highest BCUT2D eigenvalue weighted by molar-refractivity contribution is 9.10. The highest BCUT2D eigenvalue weighted by Gasteiger charge is 2.35. The zero-order valence-electron chi connectivity index (χ0n) is 13.7. The fraction of sp³-hybridized carbons (Fsp3) is 0.125. The Labute approximate surface area is 163 Å². The Balaban J connectivity index is 2.01. The first kappa shape index (κ1) is 19.6. The third kappa shape index (κ3) is 4.06. The zero-order chi connectivity index (χ0) is 20.5. The molecule has 0 fully saturated rings. The Hall–Kier alpha value is -3.15. The fourth-order valence-electron chi connectivity index (χ4n) is 2.38. The van der Waals surface area contributed by atoms with Crippen LogP contribution in [0.3, 0.4) is 0 Å². The van der Waals surface area contributed by atoms with Gasteiger partial charge in [0.05, 0.1) is 11.3 Å². The van der Waals surface area contributed by atoms with E-state index in [2.05, 4.69) is 36.4 Å². The maximum Gasteiger partial charge on any atom is 0.419 e. The van der Waals surface area contributed by atoms with E-state index in [4.69, 9.17) is 15.3 Å². The number of nitrogens with zero attached hydrogens (tertiary/aromatic N) is 3. The van der Waals surface area contributed by atoms with Gasteiger partial charge in [0, 0.05) is 0 Å². The molecule has 8 nitrogen and oxygen atoms in total. The van der Waals surface area contributed by atoms with Crippen LogP contribution in [0.15, 0.2) is 45.4 Å². The number of pyridine rings is 1. The Morgan fingerprint density at radius 3 is 2.54 bits per heavy atom. The molecule has 3 aromatic rings. The number of nitrogen functional groups attached to an aromatic ring is 1. The number of benzene rings is 1. The van der Waals surface area contributed by atoms with Gasteiger partial charge in [-0.1, -0.05) is 30.3 Å². The number of hydrogen-bond acceptors (Lipinski definition) is 6. The number of hydrogen-bond donors (Lipinski definition) is 3. The van der Waals surface area contributed by atoms with Gasteiger partial charge < -0.3 is 20.6 Å². The molecule has 0 aliphatic heterocycles. The lowest BCUT2D eigenvalue weighted by Gasteiger charge is -2.13. The molecule has 4 N–H and O–H groups in total. The first-order valence-electron chi connectivity index (χ1n) is 7.58. The number of carboxylic acid groups (broad SMARTS) is 1. The lowest BCUT2D eigenvalue weighted by atomic mass is 10.1. The molecule has 3 rings (SSSR count). The topological polar surface area (TPSA) is 127 Å². The second-order valence-corrected chi connectivity index (χ2v) is 6.25. The van der Waals surface area contributed by atoms with Crippen LogP contribution < -0.4 is 11.1 Å². The first-order chi connectivity index (χ1) is 13.2. The van der Waals surface area contributed by atoms with Crippen LogP contribution in [0.5, 0.6) is 0 Å². The largest absolute Gasteiger partial charge is 0.465 e. The van der Waals surface area contributed by atoms with Crippen molar-refractivity contribution >= 4 is 27.7 Å². The molecule has 2 heterocycles. The Kier molecular flexibility index (Phi) is 5.23. The highest BCUT2D eigenvalue weighted by atomic mass is 79.9. The van der Waals surface area contributed by atoms with Gasteiger partial charge >= 0.3 is 12.3 Å². The van der Waals surface area contributed by atoms with Crippen molar-refractivity contribution in [3.8, 4) is 11.6 Å². The van der Waals surface area contributed by atoms with Crippen LogP contribution in [0.2, 0.25) is 0 Å². The van der Waals surface area contributed by atoms with Gasteiger partial charge in [-0.15, -0.1) is 10.2 Å². The van der Waals surface area contributed by atoms with E-state index in [0.717, 1.165) is 0 Å². The average Bonchev–Trinajstić information content (AvgIpc) is 3.10. The predicted molar refractivity (Wildman–Crippen MR) is 94.1 cm³/mol. The van der Waals surface area contributed by atoms with Gasteiger partial charge in [0.25, 0.3) is 5.89 Å². The molecule has 0 radical (unpaired) electrons. The van der Waals surface area contributed by atoms with E-state index in [0.29, 0.717) is 11.6 Å². The van der Waals surface area contributed by atoms with Crippen LogP contribution in [0.4, 0.5) is 23.7 Å². The number of rotatable bonds is 4. The van der Waals surface area contributed by atoms with Crippen molar-refractivity contribution in [2.75, 3.05) is 5.73 Å². The van der Waals surface area contributed by atoms with E-state index in [1.165, 1.54) is 0 Å². The highest BCUT2D eigenvalue weighted by Crippen LogP contribution is 2.38. The van der Waals surface area contributed by atoms with Gasteiger partial charge in [-0.05, 0) is 27.6 Å². The van der Waals surface area contributed by atoms with Crippen molar-refractivity contribution < 1.29 is 27.5 Å². The van der Waals surface area contributed by atoms with E-state index < -0.39 is 28.5 Å². The number of halogens is 4. The second kappa shape index (κ2) is 7.46. The molecule has 0 saturated carbocycles. The van der Waals surface area contributed by atoms with Crippen LogP contribution in [0, 0.1) is 0 Å². The number of aromatic nitrogens is 3. The van der Waals surface area contributed by atoms with E-state index in [9.17, 15) is 18.0 Å². The number of alkyl halides is 3. The van der Waals surface area contributed by atoms with Crippen molar-refractivity contribution in [2.45, 2.75) is 12.2 Å². The van der Waals surface area contributed by atoms with Gasteiger partial charge in [0.2, 0.25) is 5.89 Å². The average molecular weight is 458 g/mol. The third-order valence-electron chi connectivity index (χ3n) is 3.60. The van der Waals surface area contributed by atoms with E-state index in [1.54, 1.807) is 30.3 Å². The van der Waals surface area contributed by atoms with Crippen molar-refractivity contribution in [1.82, 2.24) is 20.5 Å². The van der Waals surface area contributed by atoms with Gasteiger partial charge in [-0.2, -0.15) is 13.2 Å². The van der Waals surface area contributed by atoms with Gasteiger partial charge in [0.15, 0.2) is 5.69 Å². The number of carbonyl (C=O) groups is 1. The number of amides is 1. The molecule has 146 valence electrons.